The lowest BCUT2D eigenvalue weighted by Gasteiger charge is -2.21. The number of alkyl halides is 1. The van der Waals surface area contributed by atoms with Gasteiger partial charge in [0, 0.05) is 15.2 Å². The highest BCUT2D eigenvalue weighted by atomic mass is 79.9. The number of hydrogen-bond acceptors (Lipinski definition) is 1. The molecule has 0 amide bonds. The molecule has 0 saturated carbocycles. The van der Waals surface area contributed by atoms with Crippen molar-refractivity contribution < 1.29 is 4.74 Å². The van der Waals surface area contributed by atoms with Crippen LogP contribution in [-0.2, 0) is 0 Å². The number of halogens is 2. The molecule has 0 radical (unpaired) electrons. The molecule has 78 valence electrons. The van der Waals surface area contributed by atoms with E-state index in [1.54, 1.807) is 0 Å². The Kier molecular flexibility index (Phi) is 4.45. The molecule has 0 aliphatic heterocycles. The van der Waals surface area contributed by atoms with Gasteiger partial charge in [0.25, 0.3) is 0 Å². The molecular weight excluding hydrogens is 308 g/mol. The maximum absolute atomic E-state index is 5.67. The van der Waals surface area contributed by atoms with Crippen LogP contribution in [0.3, 0.4) is 0 Å². The first-order valence-corrected chi connectivity index (χ1v) is 6.39. The topological polar surface area (TPSA) is 9.23 Å². The molecule has 1 aromatic carbocycles. The van der Waals surface area contributed by atoms with Crippen LogP contribution in [0.25, 0.3) is 0 Å². The third-order valence-corrected chi connectivity index (χ3v) is 3.85. The number of rotatable bonds is 4. The summed E-state index contributed by atoms with van der Waals surface area (Å²) in [5, 5.41) is 0.941. The van der Waals surface area contributed by atoms with Gasteiger partial charge in [-0.3, -0.25) is 0 Å². The molecular formula is C11H14Br2O. The van der Waals surface area contributed by atoms with Gasteiger partial charge in [0.05, 0.1) is 6.61 Å². The number of hydrogen-bond donors (Lipinski definition) is 0. The quantitative estimate of drug-likeness (QED) is 0.753. The second-order valence-corrected chi connectivity index (χ2v) is 5.52. The predicted octanol–water partition coefficient (Wildman–Crippen LogP) is 4.25. The lowest BCUT2D eigenvalue weighted by Crippen LogP contribution is -2.22. The SMILES string of the molecule is CC(C)(CBr)COc1ccc(Br)cc1. The molecule has 0 heterocycles. The van der Waals surface area contributed by atoms with Crippen LogP contribution < -0.4 is 4.74 Å². The standard InChI is InChI=1S/C11H14Br2O/c1-11(2,7-12)8-14-10-5-3-9(13)4-6-10/h3-6H,7-8H2,1-2H3. The van der Waals surface area contributed by atoms with E-state index < -0.39 is 0 Å². The highest BCUT2D eigenvalue weighted by Gasteiger charge is 2.16. The van der Waals surface area contributed by atoms with Crippen molar-refractivity contribution in [1.29, 1.82) is 0 Å². The fourth-order valence-electron chi connectivity index (χ4n) is 0.848. The van der Waals surface area contributed by atoms with Crippen molar-refractivity contribution in [3.05, 3.63) is 28.7 Å². The molecule has 0 bridgehead atoms. The summed E-state index contributed by atoms with van der Waals surface area (Å²) in [5.74, 6) is 0.919. The lowest BCUT2D eigenvalue weighted by atomic mass is 9.98. The van der Waals surface area contributed by atoms with Crippen LogP contribution in [0.5, 0.6) is 5.75 Å². The second kappa shape index (κ2) is 5.17. The van der Waals surface area contributed by atoms with E-state index in [9.17, 15) is 0 Å². The van der Waals surface area contributed by atoms with Crippen LogP contribution in [0.2, 0.25) is 0 Å². The minimum atomic E-state index is 0.174. The van der Waals surface area contributed by atoms with Crippen molar-refractivity contribution in [3.63, 3.8) is 0 Å². The molecule has 14 heavy (non-hydrogen) atoms. The normalized spacial score (nSPS) is 11.4. The Morgan fingerprint density at radius 3 is 2.29 bits per heavy atom. The summed E-state index contributed by atoms with van der Waals surface area (Å²) in [6, 6.07) is 7.90. The Bertz CT molecular complexity index is 280. The molecule has 1 nitrogen and oxygen atoms in total. The smallest absolute Gasteiger partial charge is 0.119 e. The van der Waals surface area contributed by atoms with E-state index >= 15 is 0 Å². The second-order valence-electron chi connectivity index (χ2n) is 4.04. The third kappa shape index (κ3) is 4.01. The van der Waals surface area contributed by atoms with E-state index in [1.165, 1.54) is 0 Å². The van der Waals surface area contributed by atoms with Gasteiger partial charge in [-0.25, -0.2) is 0 Å². The molecule has 3 heteroatoms. The molecule has 0 aliphatic carbocycles. The Morgan fingerprint density at radius 1 is 1.21 bits per heavy atom. The van der Waals surface area contributed by atoms with Crippen LogP contribution in [0.1, 0.15) is 13.8 Å². The zero-order chi connectivity index (χ0) is 10.6. The zero-order valence-electron chi connectivity index (χ0n) is 8.39. The van der Waals surface area contributed by atoms with Gasteiger partial charge in [0.2, 0.25) is 0 Å². The number of benzene rings is 1. The summed E-state index contributed by atoms with van der Waals surface area (Å²) < 4.78 is 6.74. The summed E-state index contributed by atoms with van der Waals surface area (Å²) >= 11 is 6.86. The average molecular weight is 322 g/mol. The van der Waals surface area contributed by atoms with E-state index in [4.69, 9.17) is 4.74 Å². The van der Waals surface area contributed by atoms with Gasteiger partial charge in [-0.1, -0.05) is 45.7 Å². The lowest BCUT2D eigenvalue weighted by molar-refractivity contribution is 0.203. The first kappa shape index (κ1) is 12.1. The molecule has 1 rings (SSSR count). The minimum Gasteiger partial charge on any atom is -0.493 e. The van der Waals surface area contributed by atoms with Crippen molar-refractivity contribution in [2.75, 3.05) is 11.9 Å². The van der Waals surface area contributed by atoms with Gasteiger partial charge >= 0.3 is 0 Å². The highest BCUT2D eigenvalue weighted by Crippen LogP contribution is 2.22. The predicted molar refractivity (Wildman–Crippen MR) is 67.2 cm³/mol. The maximum Gasteiger partial charge on any atom is 0.119 e. The highest BCUT2D eigenvalue weighted by molar-refractivity contribution is 9.10. The molecule has 0 fully saturated rings. The Balaban J connectivity index is 2.50. The fourth-order valence-corrected chi connectivity index (χ4v) is 1.27. The van der Waals surface area contributed by atoms with Crippen LogP contribution in [0.4, 0.5) is 0 Å². The van der Waals surface area contributed by atoms with Crippen LogP contribution in [-0.4, -0.2) is 11.9 Å². The van der Waals surface area contributed by atoms with Gasteiger partial charge in [-0.15, -0.1) is 0 Å². The monoisotopic (exact) mass is 320 g/mol. The Morgan fingerprint density at radius 2 is 1.79 bits per heavy atom. The van der Waals surface area contributed by atoms with Gasteiger partial charge in [0.1, 0.15) is 5.75 Å². The molecule has 0 atom stereocenters. The summed E-state index contributed by atoms with van der Waals surface area (Å²) in [6.45, 7) is 5.06. The van der Waals surface area contributed by atoms with E-state index in [0.717, 1.165) is 22.2 Å². The van der Waals surface area contributed by atoms with E-state index in [1.807, 2.05) is 24.3 Å². The average Bonchev–Trinajstić information content (AvgIpc) is 2.17. The Labute approximate surface area is 102 Å². The first-order valence-electron chi connectivity index (χ1n) is 4.48. The van der Waals surface area contributed by atoms with Crippen molar-refractivity contribution in [1.82, 2.24) is 0 Å². The molecule has 1 aromatic rings. The van der Waals surface area contributed by atoms with Crippen molar-refractivity contribution in [2.45, 2.75) is 13.8 Å². The van der Waals surface area contributed by atoms with Crippen molar-refractivity contribution in [3.8, 4) is 5.75 Å². The van der Waals surface area contributed by atoms with Crippen molar-refractivity contribution >= 4 is 31.9 Å². The van der Waals surface area contributed by atoms with E-state index in [2.05, 4.69) is 45.7 Å². The molecule has 0 N–H and O–H groups in total. The van der Waals surface area contributed by atoms with Crippen LogP contribution in [0, 0.1) is 5.41 Å². The molecule has 0 saturated heterocycles. The van der Waals surface area contributed by atoms with Crippen molar-refractivity contribution in [2.24, 2.45) is 5.41 Å². The molecule has 0 aromatic heterocycles. The van der Waals surface area contributed by atoms with Gasteiger partial charge in [-0.2, -0.15) is 0 Å². The summed E-state index contributed by atoms with van der Waals surface area (Å²) in [5.41, 5.74) is 0.174. The van der Waals surface area contributed by atoms with Gasteiger partial charge < -0.3 is 4.74 Å². The minimum absolute atomic E-state index is 0.174. The zero-order valence-corrected chi connectivity index (χ0v) is 11.6. The third-order valence-electron chi connectivity index (χ3n) is 1.80. The summed E-state index contributed by atoms with van der Waals surface area (Å²) in [7, 11) is 0. The van der Waals surface area contributed by atoms with Crippen LogP contribution in [0.15, 0.2) is 28.7 Å². The first-order chi connectivity index (χ1) is 6.53. The largest absolute Gasteiger partial charge is 0.493 e. The van der Waals surface area contributed by atoms with E-state index in [-0.39, 0.29) is 5.41 Å². The summed E-state index contributed by atoms with van der Waals surface area (Å²) in [6.07, 6.45) is 0. The Hall–Kier alpha value is -0.0200. The van der Waals surface area contributed by atoms with Gasteiger partial charge in [-0.05, 0) is 24.3 Å². The molecule has 0 spiro atoms. The number of ether oxygens (including phenoxy) is 1. The van der Waals surface area contributed by atoms with Gasteiger partial charge in [0.15, 0.2) is 0 Å². The molecule has 0 unspecified atom stereocenters. The maximum atomic E-state index is 5.67. The summed E-state index contributed by atoms with van der Waals surface area (Å²) in [4.78, 5) is 0. The molecule has 0 aliphatic rings. The van der Waals surface area contributed by atoms with Crippen LogP contribution >= 0.6 is 31.9 Å². The van der Waals surface area contributed by atoms with E-state index in [0.29, 0.717) is 0 Å². The fraction of sp³-hybridized carbons (Fsp3) is 0.455.